The number of aromatic nitrogens is 2. The Kier molecular flexibility index (Phi) is 4.49. The van der Waals surface area contributed by atoms with E-state index in [2.05, 4.69) is 14.7 Å². The summed E-state index contributed by atoms with van der Waals surface area (Å²) in [6.07, 6.45) is 3.08. The fourth-order valence-corrected chi connectivity index (χ4v) is 2.22. The van der Waals surface area contributed by atoms with Crippen LogP contribution in [0.2, 0.25) is 0 Å². The summed E-state index contributed by atoms with van der Waals surface area (Å²) < 4.78 is 9.65. The van der Waals surface area contributed by atoms with E-state index in [9.17, 15) is 9.59 Å². The molecule has 0 amide bonds. The van der Waals surface area contributed by atoms with Crippen molar-refractivity contribution in [2.24, 2.45) is 0 Å². The van der Waals surface area contributed by atoms with Gasteiger partial charge < -0.3 is 14.4 Å². The van der Waals surface area contributed by atoms with Gasteiger partial charge in [-0.3, -0.25) is 0 Å². The molecule has 7 nitrogen and oxygen atoms in total. The lowest BCUT2D eigenvalue weighted by atomic mass is 10.2. The van der Waals surface area contributed by atoms with Crippen LogP contribution in [0.3, 0.4) is 0 Å². The number of hydrogen-bond acceptors (Lipinski definition) is 7. The second kappa shape index (κ2) is 6.31. The Balaban J connectivity index is 2.21. The van der Waals surface area contributed by atoms with Gasteiger partial charge in [0.2, 0.25) is 5.82 Å². The summed E-state index contributed by atoms with van der Waals surface area (Å²) in [7, 11) is 1.27. The molecule has 0 N–H and O–H groups in total. The lowest BCUT2D eigenvalue weighted by Gasteiger charge is -2.23. The number of anilines is 1. The molecule has 1 aromatic heterocycles. The van der Waals surface area contributed by atoms with E-state index in [1.807, 2.05) is 4.90 Å². The first-order valence-electron chi connectivity index (χ1n) is 6.52. The maximum Gasteiger partial charge on any atom is 0.376 e. The van der Waals surface area contributed by atoms with Gasteiger partial charge in [0, 0.05) is 12.7 Å². The van der Waals surface area contributed by atoms with Crippen LogP contribution >= 0.6 is 0 Å². The van der Waals surface area contributed by atoms with Crippen LogP contribution in [0.5, 0.6) is 0 Å². The normalized spacial score (nSPS) is 17.9. The molecule has 0 spiro atoms. The predicted molar refractivity (Wildman–Crippen MR) is 70.4 cm³/mol. The Morgan fingerprint density at radius 3 is 3.00 bits per heavy atom. The van der Waals surface area contributed by atoms with Crippen molar-refractivity contribution in [3.63, 3.8) is 0 Å². The second-order valence-electron chi connectivity index (χ2n) is 4.33. The Hall–Kier alpha value is -2.18. The molecule has 0 radical (unpaired) electrons. The van der Waals surface area contributed by atoms with Gasteiger partial charge in [-0.05, 0) is 25.8 Å². The number of nitrogens with zero attached hydrogens (tertiary/aromatic N) is 3. The standard InChI is InChI=1S/C13H17N3O4/c1-3-20-12(17)9-5-4-8-16(9)10-6-7-14-11(15-10)13(18)19-2/h6-7,9H,3-5,8H2,1-2H3. The Bertz CT molecular complexity index is 506. The number of carbonyl (C=O) groups is 2. The summed E-state index contributed by atoms with van der Waals surface area (Å²) in [6, 6.07) is 1.32. The van der Waals surface area contributed by atoms with E-state index < -0.39 is 5.97 Å². The molecule has 1 aliphatic rings. The third-order valence-electron chi connectivity index (χ3n) is 3.11. The van der Waals surface area contributed by atoms with Gasteiger partial charge in [-0.15, -0.1) is 0 Å². The van der Waals surface area contributed by atoms with Gasteiger partial charge >= 0.3 is 11.9 Å². The number of carbonyl (C=O) groups excluding carboxylic acids is 2. The van der Waals surface area contributed by atoms with Crippen LogP contribution in [0, 0.1) is 0 Å². The average molecular weight is 279 g/mol. The van der Waals surface area contributed by atoms with Gasteiger partial charge in [0.05, 0.1) is 13.7 Å². The zero-order valence-electron chi connectivity index (χ0n) is 11.5. The van der Waals surface area contributed by atoms with E-state index in [-0.39, 0.29) is 17.8 Å². The zero-order chi connectivity index (χ0) is 14.5. The minimum atomic E-state index is -0.598. The molecule has 1 saturated heterocycles. The molecule has 2 heterocycles. The van der Waals surface area contributed by atoms with Crippen LogP contribution in [0.25, 0.3) is 0 Å². The third-order valence-corrected chi connectivity index (χ3v) is 3.11. The molecule has 108 valence electrons. The topological polar surface area (TPSA) is 81.6 Å². The van der Waals surface area contributed by atoms with Crippen LogP contribution in [-0.4, -0.2) is 48.2 Å². The van der Waals surface area contributed by atoms with E-state index in [4.69, 9.17) is 4.74 Å². The number of hydrogen-bond donors (Lipinski definition) is 0. The molecule has 1 aromatic rings. The largest absolute Gasteiger partial charge is 0.464 e. The molecule has 7 heteroatoms. The monoisotopic (exact) mass is 279 g/mol. The molecule has 0 aliphatic carbocycles. The average Bonchev–Trinajstić information content (AvgIpc) is 2.96. The van der Waals surface area contributed by atoms with E-state index in [1.165, 1.54) is 13.3 Å². The summed E-state index contributed by atoms with van der Waals surface area (Å²) in [5.74, 6) is -0.336. The van der Waals surface area contributed by atoms with Crippen molar-refractivity contribution >= 4 is 17.8 Å². The molecular formula is C13H17N3O4. The maximum absolute atomic E-state index is 11.9. The molecule has 1 unspecified atom stereocenters. The van der Waals surface area contributed by atoms with Crippen molar-refractivity contribution in [3.05, 3.63) is 18.1 Å². The van der Waals surface area contributed by atoms with Crippen LogP contribution in [0.15, 0.2) is 12.3 Å². The fraction of sp³-hybridized carbons (Fsp3) is 0.538. The van der Waals surface area contributed by atoms with Crippen molar-refractivity contribution in [1.82, 2.24) is 9.97 Å². The molecule has 1 fully saturated rings. The summed E-state index contributed by atoms with van der Waals surface area (Å²) >= 11 is 0. The molecule has 0 bridgehead atoms. The molecule has 0 aromatic carbocycles. The first-order chi connectivity index (χ1) is 9.67. The highest BCUT2D eigenvalue weighted by atomic mass is 16.5. The quantitative estimate of drug-likeness (QED) is 0.754. The highest BCUT2D eigenvalue weighted by Gasteiger charge is 2.33. The van der Waals surface area contributed by atoms with Crippen molar-refractivity contribution in [2.45, 2.75) is 25.8 Å². The van der Waals surface area contributed by atoms with E-state index in [0.29, 0.717) is 19.0 Å². The van der Waals surface area contributed by atoms with Crippen molar-refractivity contribution in [1.29, 1.82) is 0 Å². The molecule has 0 saturated carbocycles. The molecule has 1 atom stereocenters. The van der Waals surface area contributed by atoms with Crippen LogP contribution in [-0.2, 0) is 14.3 Å². The molecule has 2 rings (SSSR count). The summed E-state index contributed by atoms with van der Waals surface area (Å²) in [6.45, 7) is 2.82. The summed E-state index contributed by atoms with van der Waals surface area (Å²) in [4.78, 5) is 33.2. The number of esters is 2. The van der Waals surface area contributed by atoms with Crippen LogP contribution in [0.4, 0.5) is 5.82 Å². The highest BCUT2D eigenvalue weighted by Crippen LogP contribution is 2.24. The first-order valence-corrected chi connectivity index (χ1v) is 6.52. The minimum absolute atomic E-state index is 0.0143. The van der Waals surface area contributed by atoms with Gasteiger partial charge in [-0.1, -0.05) is 0 Å². The highest BCUT2D eigenvalue weighted by molar-refractivity contribution is 5.85. The lowest BCUT2D eigenvalue weighted by molar-refractivity contribution is -0.144. The van der Waals surface area contributed by atoms with Gasteiger partial charge in [0.1, 0.15) is 11.9 Å². The number of ether oxygens (including phenoxy) is 2. The smallest absolute Gasteiger partial charge is 0.376 e. The van der Waals surface area contributed by atoms with E-state index in [1.54, 1.807) is 13.0 Å². The first kappa shape index (κ1) is 14.2. The second-order valence-corrected chi connectivity index (χ2v) is 4.33. The fourth-order valence-electron chi connectivity index (χ4n) is 2.22. The molecule has 1 aliphatic heterocycles. The van der Waals surface area contributed by atoms with E-state index >= 15 is 0 Å². The van der Waals surface area contributed by atoms with Crippen LogP contribution < -0.4 is 4.90 Å². The zero-order valence-corrected chi connectivity index (χ0v) is 11.5. The maximum atomic E-state index is 11.9. The number of methoxy groups -OCH3 is 1. The van der Waals surface area contributed by atoms with Gasteiger partial charge in [-0.25, -0.2) is 19.6 Å². The summed E-state index contributed by atoms with van der Waals surface area (Å²) in [5, 5.41) is 0. The van der Waals surface area contributed by atoms with Crippen molar-refractivity contribution in [2.75, 3.05) is 25.2 Å². The van der Waals surface area contributed by atoms with E-state index in [0.717, 1.165) is 12.8 Å². The number of rotatable bonds is 4. The minimum Gasteiger partial charge on any atom is -0.464 e. The van der Waals surface area contributed by atoms with Crippen molar-refractivity contribution in [3.8, 4) is 0 Å². The molecule has 20 heavy (non-hydrogen) atoms. The Labute approximate surface area is 116 Å². The molecular weight excluding hydrogens is 262 g/mol. The lowest BCUT2D eigenvalue weighted by Crippen LogP contribution is -2.38. The SMILES string of the molecule is CCOC(=O)C1CCCN1c1ccnc(C(=O)OC)n1. The predicted octanol–water partition coefficient (Wildman–Crippen LogP) is 0.795. The summed E-state index contributed by atoms with van der Waals surface area (Å²) in [5.41, 5.74) is 0. The van der Waals surface area contributed by atoms with Crippen LogP contribution in [0.1, 0.15) is 30.4 Å². The van der Waals surface area contributed by atoms with Gasteiger partial charge in [0.15, 0.2) is 0 Å². The van der Waals surface area contributed by atoms with Gasteiger partial charge in [0.25, 0.3) is 0 Å². The Morgan fingerprint density at radius 1 is 1.50 bits per heavy atom. The van der Waals surface area contributed by atoms with Gasteiger partial charge in [-0.2, -0.15) is 0 Å². The van der Waals surface area contributed by atoms with Crippen molar-refractivity contribution < 1.29 is 19.1 Å². The Morgan fingerprint density at radius 2 is 2.30 bits per heavy atom. The third kappa shape index (κ3) is 2.87.